The van der Waals surface area contributed by atoms with Crippen LogP contribution in [0.5, 0.6) is 0 Å². The van der Waals surface area contributed by atoms with Crippen molar-refractivity contribution in [2.24, 2.45) is 5.92 Å². The average molecular weight is 223 g/mol. The van der Waals surface area contributed by atoms with Crippen molar-refractivity contribution >= 4 is 13.7 Å². The highest BCUT2D eigenvalue weighted by Crippen LogP contribution is 2.23. The molecule has 0 aliphatic carbocycles. The molecule has 0 aromatic carbocycles. The molecule has 6 nitrogen and oxygen atoms in total. The molecule has 0 heterocycles. The van der Waals surface area contributed by atoms with Gasteiger partial charge in [0.1, 0.15) is 0 Å². The summed E-state index contributed by atoms with van der Waals surface area (Å²) >= 11 is 0. The summed E-state index contributed by atoms with van der Waals surface area (Å²) < 4.78 is 14.0. The minimum Gasteiger partial charge on any atom is -0.790 e. The molecular weight excluding hydrogens is 209 g/mol. The maximum atomic E-state index is 11.2. The lowest BCUT2D eigenvalue weighted by atomic mass is 10.2. The van der Waals surface area contributed by atoms with E-state index in [4.69, 9.17) is 0 Å². The van der Waals surface area contributed by atoms with Gasteiger partial charge >= 0.3 is 0 Å². The van der Waals surface area contributed by atoms with Crippen molar-refractivity contribution in [3.8, 4) is 0 Å². The quantitative estimate of drug-likeness (QED) is 0.554. The van der Waals surface area contributed by atoms with E-state index >= 15 is 0 Å². The van der Waals surface area contributed by atoms with E-state index in [1.165, 1.54) is 11.9 Å². The highest BCUT2D eigenvalue weighted by atomic mass is 31.2. The predicted molar refractivity (Wildman–Crippen MR) is 46.0 cm³/mol. The maximum absolute atomic E-state index is 11.2. The number of hydrogen-bond donors (Lipinski definition) is 0. The van der Waals surface area contributed by atoms with E-state index in [1.54, 1.807) is 13.8 Å². The smallest absolute Gasteiger partial charge is 0.224 e. The summed E-state index contributed by atoms with van der Waals surface area (Å²) in [5.74, 6) is -0.286. The number of carbonyl (C=O) groups excluding carboxylic acids is 1. The average Bonchev–Trinajstić information content (AvgIpc) is 2.00. The molecule has 14 heavy (non-hydrogen) atoms. The van der Waals surface area contributed by atoms with E-state index in [-0.39, 0.29) is 25.0 Å². The molecule has 1 amide bonds. The van der Waals surface area contributed by atoms with Crippen LogP contribution in [0.2, 0.25) is 0 Å². The standard InChI is InChI=1S/C7H16NO5P/c1-6(2)7(9)8(3)4-5-13-14(10,11)12/h6H,4-5H2,1-3H3,(H2,10,11,12)/p-2. The normalized spacial score (nSPS) is 11.9. The topological polar surface area (TPSA) is 92.7 Å². The fourth-order valence-electron chi connectivity index (χ4n) is 0.841. The number of hydrogen-bond acceptors (Lipinski definition) is 5. The second-order valence-electron chi connectivity index (χ2n) is 3.19. The zero-order chi connectivity index (χ0) is 11.4. The summed E-state index contributed by atoms with van der Waals surface area (Å²) in [6.45, 7) is 3.25. The Bertz CT molecular complexity index is 236. The first-order chi connectivity index (χ1) is 6.24. The van der Waals surface area contributed by atoms with Gasteiger partial charge in [-0.25, -0.2) is 0 Å². The van der Waals surface area contributed by atoms with Crippen LogP contribution >= 0.6 is 7.82 Å². The van der Waals surface area contributed by atoms with Crippen molar-refractivity contribution in [2.75, 3.05) is 20.2 Å². The number of rotatable bonds is 5. The molecule has 0 unspecified atom stereocenters. The van der Waals surface area contributed by atoms with Crippen LogP contribution in [0.15, 0.2) is 0 Å². The van der Waals surface area contributed by atoms with Gasteiger partial charge in [0.25, 0.3) is 0 Å². The number of carbonyl (C=O) groups is 1. The monoisotopic (exact) mass is 223 g/mol. The van der Waals surface area contributed by atoms with Gasteiger partial charge in [0.05, 0.1) is 14.4 Å². The first-order valence-corrected chi connectivity index (χ1v) is 5.61. The SMILES string of the molecule is CC(C)C(=O)N(C)CCOP(=O)([O-])[O-]. The summed E-state index contributed by atoms with van der Waals surface area (Å²) in [4.78, 5) is 32.7. The molecule has 0 fully saturated rings. The van der Waals surface area contributed by atoms with Crippen molar-refractivity contribution < 1.29 is 23.7 Å². The third-order valence-electron chi connectivity index (χ3n) is 1.55. The minimum atomic E-state index is -4.91. The minimum absolute atomic E-state index is 0.0888. The number of likely N-dealkylation sites (N-methyl/N-ethyl adjacent to an activating group) is 1. The van der Waals surface area contributed by atoms with Crippen molar-refractivity contribution in [1.82, 2.24) is 4.90 Å². The number of phosphoric ester groups is 1. The van der Waals surface area contributed by atoms with Crippen molar-refractivity contribution in [1.29, 1.82) is 0 Å². The molecular formula is C7H14NO5P-2. The van der Waals surface area contributed by atoms with E-state index in [0.29, 0.717) is 0 Å². The van der Waals surface area contributed by atoms with Gasteiger partial charge < -0.3 is 23.8 Å². The number of amides is 1. The zero-order valence-electron chi connectivity index (χ0n) is 8.43. The molecule has 0 spiro atoms. The highest BCUT2D eigenvalue weighted by Gasteiger charge is 2.12. The van der Waals surface area contributed by atoms with Gasteiger partial charge in [-0.05, 0) is 0 Å². The molecule has 0 aromatic heterocycles. The molecule has 0 saturated heterocycles. The summed E-state index contributed by atoms with van der Waals surface area (Å²) in [6, 6.07) is 0. The van der Waals surface area contributed by atoms with Crippen LogP contribution in [0, 0.1) is 5.92 Å². The Morgan fingerprint density at radius 2 is 2.00 bits per heavy atom. The Kier molecular flexibility index (Phi) is 5.29. The molecule has 0 bridgehead atoms. The van der Waals surface area contributed by atoms with Gasteiger partial charge in [-0.15, -0.1) is 0 Å². The van der Waals surface area contributed by atoms with Gasteiger partial charge in [0.2, 0.25) is 5.91 Å². The van der Waals surface area contributed by atoms with Crippen LogP contribution in [0.1, 0.15) is 13.8 Å². The van der Waals surface area contributed by atoms with Gasteiger partial charge in [0.15, 0.2) is 0 Å². The molecule has 0 N–H and O–H groups in total. The van der Waals surface area contributed by atoms with Gasteiger partial charge in [-0.3, -0.25) is 4.79 Å². The summed E-state index contributed by atoms with van der Waals surface area (Å²) in [5.41, 5.74) is 0. The molecule has 0 radical (unpaired) electrons. The highest BCUT2D eigenvalue weighted by molar-refractivity contribution is 7.43. The van der Waals surface area contributed by atoms with Crippen LogP contribution in [0.4, 0.5) is 0 Å². The Morgan fingerprint density at radius 3 is 2.36 bits per heavy atom. The third-order valence-corrected chi connectivity index (χ3v) is 2.05. The molecule has 84 valence electrons. The van der Waals surface area contributed by atoms with E-state index in [0.717, 1.165) is 0 Å². The van der Waals surface area contributed by atoms with Crippen LogP contribution in [-0.4, -0.2) is 31.0 Å². The lowest BCUT2D eigenvalue weighted by molar-refractivity contribution is -0.341. The van der Waals surface area contributed by atoms with Crippen molar-refractivity contribution in [3.63, 3.8) is 0 Å². The van der Waals surface area contributed by atoms with Crippen LogP contribution in [0.3, 0.4) is 0 Å². The maximum Gasteiger partial charge on any atom is 0.224 e. The largest absolute Gasteiger partial charge is 0.790 e. The number of nitrogens with zero attached hydrogens (tertiary/aromatic N) is 1. The molecule has 0 aromatic rings. The van der Waals surface area contributed by atoms with Gasteiger partial charge in [0, 0.05) is 19.5 Å². The van der Waals surface area contributed by atoms with E-state index < -0.39 is 7.82 Å². The molecule has 0 rings (SSSR count). The molecule has 0 aliphatic heterocycles. The van der Waals surface area contributed by atoms with Crippen molar-refractivity contribution in [2.45, 2.75) is 13.8 Å². The van der Waals surface area contributed by atoms with Gasteiger partial charge in [-0.2, -0.15) is 0 Å². The number of phosphoric acid groups is 1. The summed E-state index contributed by atoms with van der Waals surface area (Å²) in [6.07, 6.45) is 0. The lowest BCUT2D eigenvalue weighted by Crippen LogP contribution is -2.33. The summed E-state index contributed by atoms with van der Waals surface area (Å²) in [7, 11) is -3.39. The zero-order valence-corrected chi connectivity index (χ0v) is 9.32. The third kappa shape index (κ3) is 6.10. The Morgan fingerprint density at radius 1 is 1.50 bits per heavy atom. The molecule has 0 aliphatic rings. The van der Waals surface area contributed by atoms with E-state index in [2.05, 4.69) is 4.52 Å². The molecule has 0 atom stereocenters. The lowest BCUT2D eigenvalue weighted by Gasteiger charge is -2.29. The second kappa shape index (κ2) is 5.46. The predicted octanol–water partition coefficient (Wildman–Crippen LogP) is -1.05. The fourth-order valence-corrected chi connectivity index (χ4v) is 1.15. The Balaban J connectivity index is 3.81. The van der Waals surface area contributed by atoms with Crippen molar-refractivity contribution in [3.05, 3.63) is 0 Å². The molecule has 0 saturated carbocycles. The van der Waals surface area contributed by atoms with Crippen LogP contribution in [0.25, 0.3) is 0 Å². The molecule has 7 heteroatoms. The second-order valence-corrected chi connectivity index (χ2v) is 4.35. The Labute approximate surface area is 83.1 Å². The first-order valence-electron chi connectivity index (χ1n) is 4.15. The fraction of sp³-hybridized carbons (Fsp3) is 0.857. The van der Waals surface area contributed by atoms with E-state index in [1.807, 2.05) is 0 Å². The Hall–Kier alpha value is -0.420. The van der Waals surface area contributed by atoms with E-state index in [9.17, 15) is 19.1 Å². The van der Waals surface area contributed by atoms with Crippen LogP contribution < -0.4 is 9.79 Å². The van der Waals surface area contributed by atoms with Crippen LogP contribution in [-0.2, 0) is 13.9 Å². The van der Waals surface area contributed by atoms with Gasteiger partial charge in [-0.1, -0.05) is 13.8 Å². The summed E-state index contributed by atoms with van der Waals surface area (Å²) in [5, 5.41) is 0. The first kappa shape index (κ1) is 13.6.